The van der Waals surface area contributed by atoms with E-state index in [9.17, 15) is 4.79 Å². The summed E-state index contributed by atoms with van der Waals surface area (Å²) in [5.41, 5.74) is 5.68. The SMILES string of the molecule is CCOc1cc(/C=N\Nc2nc(Nc3ccccc3)nc(Nc3ccccc3)n2)ccc1OC(=O)c1ccccc1. The number of esters is 1. The molecular formula is C31H27N7O3. The molecule has 1 aromatic heterocycles. The number of anilines is 5. The van der Waals surface area contributed by atoms with Crippen molar-refractivity contribution < 1.29 is 14.3 Å². The van der Waals surface area contributed by atoms with Crippen LogP contribution in [0, 0.1) is 0 Å². The molecule has 0 bridgehead atoms. The average molecular weight is 546 g/mol. The molecule has 0 atom stereocenters. The molecule has 0 amide bonds. The lowest BCUT2D eigenvalue weighted by Gasteiger charge is -2.11. The maximum Gasteiger partial charge on any atom is 0.343 e. The number of nitrogens with zero attached hydrogens (tertiary/aromatic N) is 4. The largest absolute Gasteiger partial charge is 0.490 e. The van der Waals surface area contributed by atoms with E-state index in [1.165, 1.54) is 0 Å². The van der Waals surface area contributed by atoms with E-state index in [4.69, 9.17) is 9.47 Å². The predicted molar refractivity (Wildman–Crippen MR) is 160 cm³/mol. The molecule has 0 unspecified atom stereocenters. The number of rotatable bonds is 11. The summed E-state index contributed by atoms with van der Waals surface area (Å²) in [5, 5.41) is 10.7. The Balaban J connectivity index is 1.33. The van der Waals surface area contributed by atoms with E-state index in [1.54, 1.807) is 48.7 Å². The number of para-hydroxylation sites is 2. The van der Waals surface area contributed by atoms with Gasteiger partial charge in [-0.25, -0.2) is 10.2 Å². The van der Waals surface area contributed by atoms with Gasteiger partial charge < -0.3 is 20.1 Å². The molecule has 0 saturated heterocycles. The number of carbonyl (C=O) groups is 1. The summed E-state index contributed by atoms with van der Waals surface area (Å²) in [6.45, 7) is 2.25. The summed E-state index contributed by atoms with van der Waals surface area (Å²) in [4.78, 5) is 25.9. The molecule has 0 fully saturated rings. The molecule has 0 spiro atoms. The van der Waals surface area contributed by atoms with Gasteiger partial charge in [0.05, 0.1) is 18.4 Å². The maximum atomic E-state index is 12.5. The molecule has 10 heteroatoms. The third-order valence-electron chi connectivity index (χ3n) is 5.55. The van der Waals surface area contributed by atoms with Gasteiger partial charge in [0.25, 0.3) is 0 Å². The van der Waals surface area contributed by atoms with E-state index in [-0.39, 0.29) is 5.95 Å². The molecule has 0 aliphatic carbocycles. The quantitative estimate of drug-likeness (QED) is 0.0746. The second-order valence-electron chi connectivity index (χ2n) is 8.55. The summed E-state index contributed by atoms with van der Waals surface area (Å²) >= 11 is 0. The van der Waals surface area contributed by atoms with Crippen molar-refractivity contribution in [2.75, 3.05) is 22.7 Å². The predicted octanol–water partition coefficient (Wildman–Crippen LogP) is 6.42. The number of aromatic nitrogens is 3. The minimum atomic E-state index is -0.468. The lowest BCUT2D eigenvalue weighted by atomic mass is 10.2. The lowest BCUT2D eigenvalue weighted by Crippen LogP contribution is -2.09. The minimum Gasteiger partial charge on any atom is -0.490 e. The maximum absolute atomic E-state index is 12.5. The molecule has 41 heavy (non-hydrogen) atoms. The van der Waals surface area contributed by atoms with Crippen LogP contribution in [0.4, 0.5) is 29.2 Å². The van der Waals surface area contributed by atoms with Crippen molar-refractivity contribution in [2.45, 2.75) is 6.92 Å². The first kappa shape index (κ1) is 26.8. The number of benzene rings is 4. The van der Waals surface area contributed by atoms with Crippen molar-refractivity contribution in [2.24, 2.45) is 5.10 Å². The van der Waals surface area contributed by atoms with Crippen LogP contribution in [-0.4, -0.2) is 33.7 Å². The zero-order valence-corrected chi connectivity index (χ0v) is 22.2. The zero-order valence-electron chi connectivity index (χ0n) is 22.2. The van der Waals surface area contributed by atoms with Crippen LogP contribution in [0.3, 0.4) is 0 Å². The Morgan fingerprint density at radius 3 is 1.88 bits per heavy atom. The number of ether oxygens (including phenoxy) is 2. The van der Waals surface area contributed by atoms with Gasteiger partial charge in [0.15, 0.2) is 11.5 Å². The van der Waals surface area contributed by atoms with Crippen LogP contribution in [-0.2, 0) is 0 Å². The first-order chi connectivity index (χ1) is 20.2. The van der Waals surface area contributed by atoms with Gasteiger partial charge in [-0.2, -0.15) is 20.1 Å². The molecule has 3 N–H and O–H groups in total. The van der Waals surface area contributed by atoms with Crippen molar-refractivity contribution in [3.63, 3.8) is 0 Å². The van der Waals surface area contributed by atoms with E-state index >= 15 is 0 Å². The summed E-state index contributed by atoms with van der Waals surface area (Å²) < 4.78 is 11.3. The van der Waals surface area contributed by atoms with Crippen molar-refractivity contribution in [1.29, 1.82) is 0 Å². The number of hydrazone groups is 1. The van der Waals surface area contributed by atoms with E-state index in [2.05, 4.69) is 36.1 Å². The molecule has 0 radical (unpaired) electrons. The molecule has 0 saturated carbocycles. The van der Waals surface area contributed by atoms with Crippen LogP contribution in [0.2, 0.25) is 0 Å². The fraction of sp³-hybridized carbons (Fsp3) is 0.0645. The number of hydrogen-bond donors (Lipinski definition) is 3. The summed E-state index contributed by atoms with van der Waals surface area (Å²) in [7, 11) is 0. The Bertz CT molecular complexity index is 1560. The number of carbonyl (C=O) groups excluding carboxylic acids is 1. The Morgan fingerprint density at radius 2 is 1.29 bits per heavy atom. The zero-order chi connectivity index (χ0) is 28.3. The molecule has 0 aliphatic rings. The molecule has 10 nitrogen and oxygen atoms in total. The van der Waals surface area contributed by atoms with Crippen LogP contribution < -0.4 is 25.5 Å². The third-order valence-corrected chi connectivity index (χ3v) is 5.55. The fourth-order valence-corrected chi connectivity index (χ4v) is 3.69. The van der Waals surface area contributed by atoms with Crippen molar-refractivity contribution in [3.05, 3.63) is 120 Å². The van der Waals surface area contributed by atoms with Crippen LogP contribution in [0.15, 0.2) is 114 Å². The number of nitrogens with one attached hydrogen (secondary N) is 3. The van der Waals surface area contributed by atoms with Gasteiger partial charge in [-0.05, 0) is 67.1 Å². The Morgan fingerprint density at radius 1 is 0.732 bits per heavy atom. The van der Waals surface area contributed by atoms with Crippen LogP contribution in [0.1, 0.15) is 22.8 Å². The van der Waals surface area contributed by atoms with Gasteiger partial charge in [-0.1, -0.05) is 54.6 Å². The Kier molecular flexibility index (Phi) is 8.73. The van der Waals surface area contributed by atoms with Gasteiger partial charge in [0, 0.05) is 11.4 Å². The normalized spacial score (nSPS) is 10.7. The Labute approximate surface area is 237 Å². The highest BCUT2D eigenvalue weighted by molar-refractivity contribution is 5.91. The highest BCUT2D eigenvalue weighted by atomic mass is 16.6. The minimum absolute atomic E-state index is 0.228. The van der Waals surface area contributed by atoms with Gasteiger partial charge in [-0.15, -0.1) is 0 Å². The highest BCUT2D eigenvalue weighted by Crippen LogP contribution is 2.29. The summed E-state index contributed by atoms with van der Waals surface area (Å²) in [6, 6.07) is 33.1. The van der Waals surface area contributed by atoms with E-state index in [1.807, 2.05) is 73.7 Å². The first-order valence-electron chi connectivity index (χ1n) is 12.9. The Hall–Kier alpha value is -5.77. The van der Waals surface area contributed by atoms with Crippen molar-refractivity contribution >= 4 is 41.4 Å². The van der Waals surface area contributed by atoms with Crippen LogP contribution in [0.25, 0.3) is 0 Å². The summed E-state index contributed by atoms with van der Waals surface area (Å²) in [5.74, 6) is 1.17. The average Bonchev–Trinajstić information content (AvgIpc) is 3.00. The molecule has 0 aliphatic heterocycles. The molecule has 1 heterocycles. The first-order valence-corrected chi connectivity index (χ1v) is 12.9. The van der Waals surface area contributed by atoms with Gasteiger partial charge in [0.1, 0.15) is 0 Å². The van der Waals surface area contributed by atoms with Crippen LogP contribution in [0.5, 0.6) is 11.5 Å². The molecular weight excluding hydrogens is 518 g/mol. The summed E-state index contributed by atoms with van der Waals surface area (Å²) in [6.07, 6.45) is 1.59. The van der Waals surface area contributed by atoms with E-state index < -0.39 is 5.97 Å². The van der Waals surface area contributed by atoms with Gasteiger partial charge in [-0.3, -0.25) is 0 Å². The molecule has 5 rings (SSSR count). The molecule has 204 valence electrons. The van der Waals surface area contributed by atoms with Gasteiger partial charge in [0.2, 0.25) is 17.8 Å². The van der Waals surface area contributed by atoms with Crippen molar-refractivity contribution in [3.8, 4) is 11.5 Å². The second-order valence-corrected chi connectivity index (χ2v) is 8.55. The fourth-order valence-electron chi connectivity index (χ4n) is 3.69. The molecule has 5 aromatic rings. The molecule has 4 aromatic carbocycles. The third kappa shape index (κ3) is 7.64. The number of hydrogen-bond acceptors (Lipinski definition) is 10. The van der Waals surface area contributed by atoms with Crippen molar-refractivity contribution in [1.82, 2.24) is 15.0 Å². The highest BCUT2D eigenvalue weighted by Gasteiger charge is 2.13. The second kappa shape index (κ2) is 13.3. The van der Waals surface area contributed by atoms with E-state index in [0.717, 1.165) is 11.4 Å². The van der Waals surface area contributed by atoms with Gasteiger partial charge >= 0.3 is 5.97 Å². The van der Waals surface area contributed by atoms with E-state index in [0.29, 0.717) is 41.1 Å². The van der Waals surface area contributed by atoms with Crippen LogP contribution >= 0.6 is 0 Å². The standard InChI is InChI=1S/C31H27N7O3/c1-2-40-27-20-22(18-19-26(27)41-28(39)23-12-6-3-7-13-23)21-32-38-31-36-29(33-24-14-8-4-9-15-24)35-30(37-31)34-25-16-10-5-11-17-25/h3-21H,2H2,1H3,(H3,33,34,35,36,37,38)/b32-21-. The smallest absolute Gasteiger partial charge is 0.343 e. The monoisotopic (exact) mass is 545 g/mol. The topological polar surface area (TPSA) is 123 Å². The lowest BCUT2D eigenvalue weighted by molar-refractivity contribution is 0.0728.